The zero-order valence-electron chi connectivity index (χ0n) is 13.7. The smallest absolute Gasteiger partial charge is 0.288 e. The monoisotopic (exact) mass is 345 g/mol. The molecule has 3 heterocycles. The van der Waals surface area contributed by atoms with E-state index < -0.39 is 5.91 Å². The number of carbonyl (C=O) groups is 2. The Morgan fingerprint density at radius 3 is 2.65 bits per heavy atom. The van der Waals surface area contributed by atoms with Crippen LogP contribution >= 0.6 is 0 Å². The van der Waals surface area contributed by atoms with Crippen LogP contribution in [0.4, 0.5) is 0 Å². The van der Waals surface area contributed by atoms with Crippen molar-refractivity contribution in [1.29, 1.82) is 0 Å². The highest BCUT2D eigenvalue weighted by atomic mass is 16.2. The molecular formula is C19H15N5O2. The molecule has 0 aliphatic heterocycles. The van der Waals surface area contributed by atoms with Gasteiger partial charge in [0.2, 0.25) is 5.91 Å². The summed E-state index contributed by atoms with van der Waals surface area (Å²) in [5.74, 6) is -0.832. The average Bonchev–Trinajstić information content (AvgIpc) is 3.08. The van der Waals surface area contributed by atoms with Crippen LogP contribution in [0.3, 0.4) is 0 Å². The van der Waals surface area contributed by atoms with Gasteiger partial charge in [0.1, 0.15) is 11.3 Å². The van der Waals surface area contributed by atoms with Crippen LogP contribution in [0.15, 0.2) is 67.0 Å². The van der Waals surface area contributed by atoms with E-state index in [0.717, 1.165) is 16.6 Å². The topological polar surface area (TPSA) is 88.4 Å². The first kappa shape index (κ1) is 15.8. The van der Waals surface area contributed by atoms with Crippen molar-refractivity contribution >= 4 is 28.4 Å². The lowest BCUT2D eigenvalue weighted by Gasteiger charge is -2.06. The number of hydrogen-bond donors (Lipinski definition) is 2. The molecule has 0 saturated heterocycles. The number of carbonyl (C=O) groups excluding carboxylic acids is 2. The van der Waals surface area contributed by atoms with Crippen molar-refractivity contribution in [3.8, 4) is 0 Å². The summed E-state index contributed by atoms with van der Waals surface area (Å²) in [6.07, 6.45) is 3.70. The molecule has 0 radical (unpaired) electrons. The quantitative estimate of drug-likeness (QED) is 0.555. The Bertz CT molecular complexity index is 1090. The maximum Gasteiger partial charge on any atom is 0.288 e. The Hall–Kier alpha value is -3.74. The molecule has 3 aromatic heterocycles. The molecule has 7 heteroatoms. The number of pyridine rings is 2. The van der Waals surface area contributed by atoms with Gasteiger partial charge in [0.05, 0.1) is 17.6 Å². The van der Waals surface area contributed by atoms with Gasteiger partial charge in [-0.05, 0) is 24.3 Å². The van der Waals surface area contributed by atoms with Crippen LogP contribution in [0.1, 0.15) is 16.2 Å². The molecule has 0 saturated carbocycles. The fourth-order valence-corrected chi connectivity index (χ4v) is 2.66. The second-order valence-corrected chi connectivity index (χ2v) is 5.77. The fourth-order valence-electron chi connectivity index (χ4n) is 2.66. The van der Waals surface area contributed by atoms with Gasteiger partial charge in [-0.1, -0.05) is 30.3 Å². The van der Waals surface area contributed by atoms with E-state index in [1.165, 1.54) is 0 Å². The van der Waals surface area contributed by atoms with Crippen LogP contribution in [-0.2, 0) is 11.2 Å². The normalized spacial score (nSPS) is 10.8. The zero-order valence-corrected chi connectivity index (χ0v) is 13.7. The minimum absolute atomic E-state index is 0.0626. The number of hydrazine groups is 1. The lowest BCUT2D eigenvalue weighted by atomic mass is 10.2. The van der Waals surface area contributed by atoms with Gasteiger partial charge in [-0.2, -0.15) is 0 Å². The molecule has 0 fully saturated rings. The van der Waals surface area contributed by atoms with Crippen molar-refractivity contribution in [2.75, 3.05) is 0 Å². The molecule has 2 amide bonds. The van der Waals surface area contributed by atoms with Crippen molar-refractivity contribution in [2.45, 2.75) is 6.42 Å². The van der Waals surface area contributed by atoms with Gasteiger partial charge in [0.25, 0.3) is 5.91 Å². The predicted octanol–water partition coefficient (Wildman–Crippen LogP) is 1.89. The van der Waals surface area contributed by atoms with Crippen LogP contribution in [0.5, 0.6) is 0 Å². The number of aromatic nitrogens is 3. The maximum atomic E-state index is 12.2. The Morgan fingerprint density at radius 2 is 1.77 bits per heavy atom. The number of fused-ring (bicyclic) bond motifs is 2. The van der Waals surface area contributed by atoms with E-state index in [9.17, 15) is 9.59 Å². The second-order valence-electron chi connectivity index (χ2n) is 5.77. The molecule has 2 N–H and O–H groups in total. The van der Waals surface area contributed by atoms with Crippen molar-refractivity contribution < 1.29 is 9.59 Å². The molecule has 0 atom stereocenters. The van der Waals surface area contributed by atoms with Gasteiger partial charge in [-0.25, -0.2) is 9.97 Å². The lowest BCUT2D eigenvalue weighted by Crippen LogP contribution is -2.42. The first-order valence-electron chi connectivity index (χ1n) is 8.07. The number of benzene rings is 1. The Morgan fingerprint density at radius 1 is 0.923 bits per heavy atom. The van der Waals surface area contributed by atoms with Crippen LogP contribution in [0.25, 0.3) is 16.6 Å². The third-order valence-corrected chi connectivity index (χ3v) is 3.90. The molecule has 0 aliphatic carbocycles. The van der Waals surface area contributed by atoms with Gasteiger partial charge in [-0.15, -0.1) is 0 Å². The van der Waals surface area contributed by atoms with Crippen molar-refractivity contribution in [3.63, 3.8) is 0 Å². The molecule has 26 heavy (non-hydrogen) atoms. The number of rotatable bonds is 3. The van der Waals surface area contributed by atoms with Crippen LogP contribution in [0, 0.1) is 0 Å². The third kappa shape index (κ3) is 3.23. The first-order valence-corrected chi connectivity index (χ1v) is 8.07. The summed E-state index contributed by atoms with van der Waals surface area (Å²) >= 11 is 0. The molecule has 0 spiro atoms. The van der Waals surface area contributed by atoms with Gasteiger partial charge in [0.15, 0.2) is 0 Å². The lowest BCUT2D eigenvalue weighted by molar-refractivity contribution is -0.121. The highest BCUT2D eigenvalue weighted by Gasteiger charge is 2.11. The average molecular weight is 345 g/mol. The van der Waals surface area contributed by atoms with Gasteiger partial charge >= 0.3 is 0 Å². The van der Waals surface area contributed by atoms with Gasteiger partial charge in [0, 0.05) is 17.8 Å². The summed E-state index contributed by atoms with van der Waals surface area (Å²) in [6.45, 7) is 0. The molecule has 4 rings (SSSR count). The van der Waals surface area contributed by atoms with Crippen molar-refractivity contribution in [2.24, 2.45) is 0 Å². The van der Waals surface area contributed by atoms with E-state index in [2.05, 4.69) is 20.8 Å². The van der Waals surface area contributed by atoms with Crippen LogP contribution in [0.2, 0.25) is 0 Å². The van der Waals surface area contributed by atoms with E-state index in [1.807, 2.05) is 59.1 Å². The highest BCUT2D eigenvalue weighted by Crippen LogP contribution is 2.11. The number of nitrogens with one attached hydrogen (secondary N) is 2. The van der Waals surface area contributed by atoms with E-state index >= 15 is 0 Å². The van der Waals surface area contributed by atoms with E-state index in [4.69, 9.17) is 0 Å². The van der Waals surface area contributed by atoms with Crippen LogP contribution < -0.4 is 10.9 Å². The number of amides is 2. The van der Waals surface area contributed by atoms with Crippen molar-refractivity contribution in [1.82, 2.24) is 25.2 Å². The zero-order chi connectivity index (χ0) is 17.9. The number of imidazole rings is 1. The van der Waals surface area contributed by atoms with Gasteiger partial charge < -0.3 is 4.40 Å². The largest absolute Gasteiger partial charge is 0.307 e. The molecule has 0 unspecified atom stereocenters. The standard InChI is InChI=1S/C19H15N5O2/c25-18(11-14-12-24-10-4-3-7-17(24)20-14)22-23-19(26)16-9-8-13-5-1-2-6-15(13)21-16/h1-10,12H,11H2,(H,22,25)(H,23,26). The highest BCUT2D eigenvalue weighted by molar-refractivity contribution is 5.96. The molecule has 0 aliphatic rings. The molecule has 4 aromatic rings. The minimum atomic E-state index is -0.473. The summed E-state index contributed by atoms with van der Waals surface area (Å²) in [5.41, 5.74) is 7.11. The molecule has 7 nitrogen and oxygen atoms in total. The summed E-state index contributed by atoms with van der Waals surface area (Å²) in [5, 5.41) is 0.944. The van der Waals surface area contributed by atoms with E-state index in [1.54, 1.807) is 12.3 Å². The number of para-hydroxylation sites is 1. The van der Waals surface area contributed by atoms with E-state index in [0.29, 0.717) is 5.69 Å². The number of nitrogens with zero attached hydrogens (tertiary/aromatic N) is 3. The number of hydrogen-bond acceptors (Lipinski definition) is 4. The summed E-state index contributed by atoms with van der Waals surface area (Å²) in [6, 6.07) is 16.6. The maximum absolute atomic E-state index is 12.2. The fraction of sp³-hybridized carbons (Fsp3) is 0.0526. The first-order chi connectivity index (χ1) is 12.7. The second kappa shape index (κ2) is 6.64. The Labute approximate surface area is 148 Å². The molecule has 1 aromatic carbocycles. The minimum Gasteiger partial charge on any atom is -0.307 e. The Kier molecular flexibility index (Phi) is 4.03. The summed E-state index contributed by atoms with van der Waals surface area (Å²) in [7, 11) is 0. The Balaban J connectivity index is 1.39. The molecule has 0 bridgehead atoms. The van der Waals surface area contributed by atoms with E-state index in [-0.39, 0.29) is 18.0 Å². The third-order valence-electron chi connectivity index (χ3n) is 3.90. The SMILES string of the molecule is O=C(Cc1cn2ccccc2n1)NNC(=O)c1ccc2ccccc2n1. The predicted molar refractivity (Wildman–Crippen MR) is 96.2 cm³/mol. The molecular weight excluding hydrogens is 330 g/mol. The van der Waals surface area contributed by atoms with Gasteiger partial charge in [-0.3, -0.25) is 20.4 Å². The summed E-state index contributed by atoms with van der Waals surface area (Å²) in [4.78, 5) is 32.9. The van der Waals surface area contributed by atoms with Crippen molar-refractivity contribution in [3.05, 3.63) is 78.4 Å². The molecule has 128 valence electrons. The summed E-state index contributed by atoms with van der Waals surface area (Å²) < 4.78 is 1.83. The van der Waals surface area contributed by atoms with Crippen LogP contribution in [-0.4, -0.2) is 26.2 Å².